The quantitative estimate of drug-likeness (QED) is 0.811. The molecule has 1 aliphatic heterocycles. The van der Waals surface area contributed by atoms with Gasteiger partial charge in [0, 0.05) is 35.9 Å². The Morgan fingerprint density at radius 1 is 1.47 bits per heavy atom. The molecule has 0 bridgehead atoms. The molecule has 0 spiro atoms. The molecule has 1 heterocycles. The van der Waals surface area contributed by atoms with Crippen LogP contribution in [0.4, 0.5) is 0 Å². The number of hydrogen-bond donors (Lipinski definition) is 1. The fraction of sp³-hybridized carbons (Fsp3) is 1.00. The van der Waals surface area contributed by atoms with E-state index in [9.17, 15) is 8.42 Å². The van der Waals surface area contributed by atoms with Gasteiger partial charge in [-0.05, 0) is 13.3 Å². The van der Waals surface area contributed by atoms with Crippen LogP contribution in [0.1, 0.15) is 27.2 Å². The summed E-state index contributed by atoms with van der Waals surface area (Å²) in [6.07, 6.45) is 0.857. The van der Waals surface area contributed by atoms with E-state index in [-0.39, 0.29) is 16.7 Å². The van der Waals surface area contributed by atoms with E-state index in [0.29, 0.717) is 12.3 Å². The molecule has 2 unspecified atom stereocenters. The van der Waals surface area contributed by atoms with Crippen molar-refractivity contribution < 1.29 is 8.42 Å². The van der Waals surface area contributed by atoms with E-state index in [1.165, 1.54) is 0 Å². The normalized spacial score (nSPS) is 26.7. The predicted octanol–water partition coefficient (Wildman–Crippen LogP) is 0.923. The molecule has 2 N–H and O–H groups in total. The van der Waals surface area contributed by atoms with Gasteiger partial charge in [-0.3, -0.25) is 4.90 Å². The van der Waals surface area contributed by atoms with E-state index < -0.39 is 9.84 Å². The lowest BCUT2D eigenvalue weighted by Gasteiger charge is -2.39. The first-order valence-corrected chi connectivity index (χ1v) is 9.01. The van der Waals surface area contributed by atoms with E-state index in [4.69, 9.17) is 5.73 Å². The summed E-state index contributed by atoms with van der Waals surface area (Å²) in [5, 5.41) is -0.347. The highest BCUT2D eigenvalue weighted by Crippen LogP contribution is 2.23. The zero-order chi connectivity index (χ0) is 13.1. The molecule has 0 aromatic heterocycles. The molecule has 6 heteroatoms. The zero-order valence-corrected chi connectivity index (χ0v) is 12.6. The summed E-state index contributed by atoms with van der Waals surface area (Å²) in [5.41, 5.74) is 5.85. The molecule has 1 rings (SSSR count). The smallest absolute Gasteiger partial charge is 0.166 e. The third-order valence-electron chi connectivity index (χ3n) is 3.38. The molecule has 102 valence electrons. The van der Waals surface area contributed by atoms with Crippen LogP contribution in [0.5, 0.6) is 0 Å². The largest absolute Gasteiger partial charge is 0.324 e. The summed E-state index contributed by atoms with van der Waals surface area (Å²) < 4.78 is 24.1. The number of nitrogens with zero attached hydrogens (tertiary/aromatic N) is 1. The maximum absolute atomic E-state index is 12.0. The molecule has 0 radical (unpaired) electrons. The van der Waals surface area contributed by atoms with Gasteiger partial charge in [0.25, 0.3) is 0 Å². The Morgan fingerprint density at radius 3 is 2.65 bits per heavy atom. The minimum absolute atomic E-state index is 0.210. The van der Waals surface area contributed by atoms with Crippen LogP contribution in [0.25, 0.3) is 0 Å². The van der Waals surface area contributed by atoms with Crippen LogP contribution in [-0.4, -0.2) is 54.6 Å². The zero-order valence-electron chi connectivity index (χ0n) is 11.0. The third-order valence-corrected chi connectivity index (χ3v) is 6.71. The van der Waals surface area contributed by atoms with E-state index in [1.807, 2.05) is 13.8 Å². The summed E-state index contributed by atoms with van der Waals surface area (Å²) in [6.45, 7) is 7.23. The minimum atomic E-state index is -3.00. The van der Waals surface area contributed by atoms with Gasteiger partial charge in [-0.1, -0.05) is 13.8 Å². The number of nitrogens with two attached hydrogens (primary N) is 1. The van der Waals surface area contributed by atoms with E-state index in [1.54, 1.807) is 18.7 Å². The van der Waals surface area contributed by atoms with Crippen molar-refractivity contribution in [1.29, 1.82) is 0 Å². The van der Waals surface area contributed by atoms with Crippen LogP contribution < -0.4 is 5.73 Å². The van der Waals surface area contributed by atoms with Crippen molar-refractivity contribution in [2.75, 3.05) is 30.3 Å². The van der Waals surface area contributed by atoms with Gasteiger partial charge < -0.3 is 5.73 Å². The van der Waals surface area contributed by atoms with Gasteiger partial charge in [0.2, 0.25) is 0 Å². The van der Waals surface area contributed by atoms with Crippen LogP contribution in [0, 0.1) is 0 Å². The highest BCUT2D eigenvalue weighted by molar-refractivity contribution is 8.01. The molecule has 17 heavy (non-hydrogen) atoms. The van der Waals surface area contributed by atoms with Crippen molar-refractivity contribution in [2.45, 2.75) is 38.1 Å². The molecule has 1 aliphatic rings. The number of rotatable bonds is 5. The van der Waals surface area contributed by atoms with Crippen molar-refractivity contribution in [3.05, 3.63) is 0 Å². The lowest BCUT2D eigenvalue weighted by atomic mass is 10.00. The van der Waals surface area contributed by atoms with Crippen molar-refractivity contribution in [3.63, 3.8) is 0 Å². The van der Waals surface area contributed by atoms with Gasteiger partial charge in [0.1, 0.15) is 5.37 Å². The fourth-order valence-corrected chi connectivity index (χ4v) is 4.97. The van der Waals surface area contributed by atoms with E-state index in [0.717, 1.165) is 18.7 Å². The second kappa shape index (κ2) is 5.91. The summed E-state index contributed by atoms with van der Waals surface area (Å²) in [5.74, 6) is 1.88. The molecule has 2 atom stereocenters. The predicted molar refractivity (Wildman–Crippen MR) is 75.0 cm³/mol. The SMILES string of the molecule is CCC(C)(N)CN1CCSCC1S(=O)(=O)CC. The Morgan fingerprint density at radius 2 is 2.12 bits per heavy atom. The van der Waals surface area contributed by atoms with Gasteiger partial charge in [-0.25, -0.2) is 8.42 Å². The lowest BCUT2D eigenvalue weighted by Crippen LogP contribution is -2.55. The van der Waals surface area contributed by atoms with Gasteiger partial charge in [0.05, 0.1) is 0 Å². The van der Waals surface area contributed by atoms with Crippen molar-refractivity contribution in [3.8, 4) is 0 Å². The first kappa shape index (κ1) is 15.3. The lowest BCUT2D eigenvalue weighted by molar-refractivity contribution is 0.210. The van der Waals surface area contributed by atoms with Crippen LogP contribution in [0.15, 0.2) is 0 Å². The van der Waals surface area contributed by atoms with Gasteiger partial charge in [0.15, 0.2) is 9.84 Å². The molecule has 0 saturated carbocycles. The van der Waals surface area contributed by atoms with Gasteiger partial charge in [-0.2, -0.15) is 11.8 Å². The highest BCUT2D eigenvalue weighted by atomic mass is 32.2. The molecule has 1 fully saturated rings. The van der Waals surface area contributed by atoms with Crippen LogP contribution in [-0.2, 0) is 9.84 Å². The Balaban J connectivity index is 2.80. The van der Waals surface area contributed by atoms with E-state index in [2.05, 4.69) is 4.90 Å². The molecule has 0 amide bonds. The second-order valence-electron chi connectivity index (χ2n) is 4.96. The summed E-state index contributed by atoms with van der Waals surface area (Å²) in [6, 6.07) is 0. The maximum Gasteiger partial charge on any atom is 0.166 e. The number of thioether (sulfide) groups is 1. The van der Waals surface area contributed by atoms with Crippen LogP contribution in [0.3, 0.4) is 0 Å². The fourth-order valence-electron chi connectivity index (χ4n) is 1.90. The van der Waals surface area contributed by atoms with Crippen molar-refractivity contribution in [2.24, 2.45) is 5.73 Å². The number of hydrogen-bond acceptors (Lipinski definition) is 5. The molecule has 0 aliphatic carbocycles. The highest BCUT2D eigenvalue weighted by Gasteiger charge is 2.35. The second-order valence-corrected chi connectivity index (χ2v) is 8.56. The monoisotopic (exact) mass is 280 g/mol. The molecular weight excluding hydrogens is 256 g/mol. The average molecular weight is 280 g/mol. The third kappa shape index (κ3) is 4.12. The summed E-state index contributed by atoms with van der Waals surface area (Å²) in [7, 11) is -3.00. The number of sulfone groups is 1. The van der Waals surface area contributed by atoms with Crippen molar-refractivity contribution in [1.82, 2.24) is 4.90 Å². The van der Waals surface area contributed by atoms with Crippen molar-refractivity contribution >= 4 is 21.6 Å². The Bertz CT molecular complexity index is 341. The van der Waals surface area contributed by atoms with E-state index >= 15 is 0 Å². The first-order valence-electron chi connectivity index (χ1n) is 6.14. The summed E-state index contributed by atoms with van der Waals surface area (Å²) >= 11 is 1.72. The van der Waals surface area contributed by atoms with Gasteiger partial charge in [-0.15, -0.1) is 0 Å². The van der Waals surface area contributed by atoms with Gasteiger partial charge >= 0.3 is 0 Å². The topological polar surface area (TPSA) is 63.4 Å². The first-order chi connectivity index (χ1) is 7.82. The summed E-state index contributed by atoms with van der Waals surface area (Å²) in [4.78, 5) is 2.05. The minimum Gasteiger partial charge on any atom is -0.324 e. The molecule has 1 saturated heterocycles. The Labute approximate surface area is 109 Å². The molecular formula is C11H24N2O2S2. The molecule has 4 nitrogen and oxygen atoms in total. The van der Waals surface area contributed by atoms with Crippen LogP contribution in [0.2, 0.25) is 0 Å². The Hall–Kier alpha value is 0.220. The Kier molecular flexibility index (Phi) is 5.31. The molecule has 0 aromatic rings. The maximum atomic E-state index is 12.0. The standard InChI is InChI=1S/C11H24N2O2S2/c1-4-11(3,12)9-13-6-7-16-8-10(13)17(14,15)5-2/h10H,4-9,12H2,1-3H3. The van der Waals surface area contributed by atoms with Crippen LogP contribution >= 0.6 is 11.8 Å². The average Bonchev–Trinajstić information content (AvgIpc) is 2.29. The molecule has 0 aromatic carbocycles.